The van der Waals surface area contributed by atoms with E-state index in [0.29, 0.717) is 17.7 Å². The van der Waals surface area contributed by atoms with Crippen LogP contribution in [-0.4, -0.2) is 43.3 Å². The van der Waals surface area contributed by atoms with E-state index in [1.54, 1.807) is 24.4 Å². The van der Waals surface area contributed by atoms with E-state index in [1.165, 1.54) is 27.0 Å². The molecular weight excluding hydrogens is 432 g/mol. The molecule has 4 rings (SSSR count). The van der Waals surface area contributed by atoms with E-state index in [4.69, 9.17) is 4.74 Å². The summed E-state index contributed by atoms with van der Waals surface area (Å²) < 4.78 is 32.9. The van der Waals surface area contributed by atoms with Crippen molar-refractivity contribution in [2.45, 2.75) is 36.1 Å². The Morgan fingerprint density at radius 3 is 2.52 bits per heavy atom. The molecule has 10 heteroatoms. The van der Waals surface area contributed by atoms with Gasteiger partial charge in [0.05, 0.1) is 12.1 Å². The zero-order valence-corrected chi connectivity index (χ0v) is 18.2. The lowest BCUT2D eigenvalue weighted by molar-refractivity contribution is -0.150. The van der Waals surface area contributed by atoms with Crippen LogP contribution >= 0.6 is 22.7 Å². The van der Waals surface area contributed by atoms with Gasteiger partial charge in [0, 0.05) is 36.4 Å². The number of rotatable bonds is 5. The second-order valence-electron chi connectivity index (χ2n) is 6.98. The van der Waals surface area contributed by atoms with Gasteiger partial charge in [-0.25, -0.2) is 13.2 Å². The molecule has 0 radical (unpaired) electrons. The highest BCUT2D eigenvalue weighted by atomic mass is 32.2. The van der Waals surface area contributed by atoms with E-state index in [9.17, 15) is 18.0 Å². The number of hydrogen-bond acceptors (Lipinski definition) is 7. The molecule has 1 amide bonds. The largest absolute Gasteiger partial charge is 0.450 e. The molecule has 7 nitrogen and oxygen atoms in total. The van der Waals surface area contributed by atoms with E-state index in [2.05, 4.69) is 5.32 Å². The molecule has 2 aromatic rings. The summed E-state index contributed by atoms with van der Waals surface area (Å²) in [7, 11) is -3.57. The molecule has 0 aliphatic carbocycles. The summed E-state index contributed by atoms with van der Waals surface area (Å²) in [6.45, 7) is 2.33. The van der Waals surface area contributed by atoms with Crippen LogP contribution in [0.25, 0.3) is 0 Å². The topological polar surface area (TPSA) is 92.8 Å². The van der Waals surface area contributed by atoms with Gasteiger partial charge in [-0.05, 0) is 29.8 Å². The lowest BCUT2D eigenvalue weighted by atomic mass is 9.83. The van der Waals surface area contributed by atoms with Crippen molar-refractivity contribution in [2.75, 3.05) is 13.1 Å². The van der Waals surface area contributed by atoms with E-state index in [0.717, 1.165) is 4.88 Å². The Hall–Kier alpha value is -2.01. The summed E-state index contributed by atoms with van der Waals surface area (Å²) in [5.41, 5.74) is -0.446. The Kier molecular flexibility index (Phi) is 5.36. The Morgan fingerprint density at radius 2 is 1.90 bits per heavy atom. The van der Waals surface area contributed by atoms with E-state index >= 15 is 0 Å². The minimum absolute atomic E-state index is 0.183. The third-order valence-corrected chi connectivity index (χ3v) is 9.42. The van der Waals surface area contributed by atoms with Crippen LogP contribution in [-0.2, 0) is 30.9 Å². The van der Waals surface area contributed by atoms with Crippen molar-refractivity contribution in [1.29, 1.82) is 0 Å². The Labute approximate surface area is 177 Å². The smallest absolute Gasteiger partial charge is 0.335 e. The summed E-state index contributed by atoms with van der Waals surface area (Å²) in [6.07, 6.45) is 0.505. The summed E-state index contributed by atoms with van der Waals surface area (Å²) in [5.74, 6) is -0.850. The predicted octanol–water partition coefficient (Wildman–Crippen LogP) is 2.52. The monoisotopic (exact) mass is 452 g/mol. The maximum atomic E-state index is 12.9. The van der Waals surface area contributed by atoms with Gasteiger partial charge in [0.2, 0.25) is 0 Å². The highest BCUT2D eigenvalue weighted by Crippen LogP contribution is 2.42. The fourth-order valence-corrected chi connectivity index (χ4v) is 7.00. The number of carbonyl (C=O) groups is 2. The first-order valence-electron chi connectivity index (χ1n) is 9.12. The maximum Gasteiger partial charge on any atom is 0.335 e. The first-order chi connectivity index (χ1) is 13.8. The van der Waals surface area contributed by atoms with Gasteiger partial charge >= 0.3 is 5.97 Å². The van der Waals surface area contributed by atoms with Crippen LogP contribution in [0.5, 0.6) is 0 Å². The first-order valence-corrected chi connectivity index (χ1v) is 12.3. The Bertz CT molecular complexity index is 1050. The van der Waals surface area contributed by atoms with Gasteiger partial charge in [-0.15, -0.1) is 22.7 Å². The number of amides is 1. The van der Waals surface area contributed by atoms with Gasteiger partial charge in [0.25, 0.3) is 15.9 Å². The van der Waals surface area contributed by atoms with Gasteiger partial charge in [-0.3, -0.25) is 4.79 Å². The van der Waals surface area contributed by atoms with Crippen LogP contribution in [0.1, 0.15) is 24.6 Å². The highest BCUT2D eigenvalue weighted by molar-refractivity contribution is 7.91. The summed E-state index contributed by atoms with van der Waals surface area (Å²) >= 11 is 2.71. The molecule has 4 heterocycles. The molecule has 1 N–H and O–H groups in total. The maximum absolute atomic E-state index is 12.9. The van der Waals surface area contributed by atoms with Crippen LogP contribution in [0, 0.1) is 0 Å². The van der Waals surface area contributed by atoms with Crippen LogP contribution < -0.4 is 5.32 Å². The lowest BCUT2D eigenvalue weighted by Gasteiger charge is -2.38. The van der Waals surface area contributed by atoms with Crippen molar-refractivity contribution in [3.8, 4) is 0 Å². The molecule has 1 fully saturated rings. The van der Waals surface area contributed by atoms with Crippen molar-refractivity contribution >= 4 is 44.6 Å². The molecular formula is C19H20N2O5S3. The molecule has 154 valence electrons. The molecule has 2 aliphatic rings. The number of piperidine rings is 1. The zero-order valence-electron chi connectivity index (χ0n) is 15.7. The van der Waals surface area contributed by atoms with Crippen LogP contribution in [0.15, 0.2) is 50.4 Å². The van der Waals surface area contributed by atoms with Crippen molar-refractivity contribution in [3.63, 3.8) is 0 Å². The molecule has 0 unspecified atom stereocenters. The van der Waals surface area contributed by atoms with Crippen LogP contribution in [0.2, 0.25) is 0 Å². The highest BCUT2D eigenvalue weighted by Gasteiger charge is 2.52. The summed E-state index contributed by atoms with van der Waals surface area (Å²) in [5, 5.41) is 6.52. The van der Waals surface area contributed by atoms with Crippen molar-refractivity contribution in [1.82, 2.24) is 9.62 Å². The standard InChI is InChI=1S/C19H20N2O5S3/c1-13-16(17(22)20-12-14-4-2-10-27-14)19(26-18(13)23)6-8-21(9-7-19)29(24,25)15-5-3-11-28-15/h2-5,10-11H,6-9,12H2,1H3,(H,20,22). The molecule has 0 atom stereocenters. The van der Waals surface area contributed by atoms with Crippen LogP contribution in [0.3, 0.4) is 0 Å². The number of nitrogens with one attached hydrogen (secondary N) is 1. The van der Waals surface area contributed by atoms with Crippen LogP contribution in [0.4, 0.5) is 0 Å². The number of ether oxygens (including phenoxy) is 1. The Balaban J connectivity index is 1.51. The molecule has 0 aromatic carbocycles. The minimum Gasteiger partial charge on any atom is -0.450 e. The summed E-state index contributed by atoms with van der Waals surface area (Å²) in [6, 6.07) is 7.10. The minimum atomic E-state index is -3.57. The normalized spacial score (nSPS) is 19.6. The van der Waals surface area contributed by atoms with E-state index in [-0.39, 0.29) is 36.0 Å². The third-order valence-electron chi connectivity index (χ3n) is 5.27. The number of thiophene rings is 2. The zero-order chi connectivity index (χ0) is 20.6. The number of carbonyl (C=O) groups excluding carboxylic acids is 2. The summed E-state index contributed by atoms with van der Waals surface area (Å²) in [4.78, 5) is 26.2. The third kappa shape index (κ3) is 3.65. The second-order valence-corrected chi connectivity index (χ2v) is 11.1. The van der Waals surface area contributed by atoms with E-state index in [1.807, 2.05) is 17.5 Å². The predicted molar refractivity (Wildman–Crippen MR) is 110 cm³/mol. The molecule has 0 bridgehead atoms. The van der Waals surface area contributed by atoms with Gasteiger partial charge in [0.15, 0.2) is 0 Å². The quantitative estimate of drug-likeness (QED) is 0.704. The number of esters is 1. The van der Waals surface area contributed by atoms with Crippen molar-refractivity contribution < 1.29 is 22.7 Å². The molecule has 1 spiro atoms. The van der Waals surface area contributed by atoms with Gasteiger partial charge < -0.3 is 10.1 Å². The molecule has 0 saturated carbocycles. The fraction of sp³-hybridized carbons (Fsp3) is 0.368. The SMILES string of the molecule is CC1=C(C(=O)NCc2cccs2)C2(CCN(S(=O)(=O)c3cccs3)CC2)OC1=O. The van der Waals surface area contributed by atoms with E-state index < -0.39 is 21.6 Å². The lowest BCUT2D eigenvalue weighted by Crippen LogP contribution is -2.50. The number of nitrogens with zero attached hydrogens (tertiary/aromatic N) is 1. The molecule has 29 heavy (non-hydrogen) atoms. The Morgan fingerprint density at radius 1 is 1.21 bits per heavy atom. The van der Waals surface area contributed by atoms with Crippen molar-refractivity contribution in [3.05, 3.63) is 51.0 Å². The average Bonchev–Trinajstić information content (AvgIpc) is 3.43. The van der Waals surface area contributed by atoms with Gasteiger partial charge in [-0.2, -0.15) is 4.31 Å². The van der Waals surface area contributed by atoms with Gasteiger partial charge in [0.1, 0.15) is 9.81 Å². The van der Waals surface area contributed by atoms with Crippen molar-refractivity contribution in [2.24, 2.45) is 0 Å². The first kappa shape index (κ1) is 20.3. The number of sulfonamides is 1. The fourth-order valence-electron chi connectivity index (χ4n) is 3.77. The van der Waals surface area contributed by atoms with Gasteiger partial charge in [-0.1, -0.05) is 12.1 Å². The average molecular weight is 453 g/mol. The molecule has 2 aromatic heterocycles. The number of hydrogen-bond donors (Lipinski definition) is 1. The molecule has 2 aliphatic heterocycles. The second kappa shape index (κ2) is 7.67. The molecule has 1 saturated heterocycles.